The fraction of sp³-hybridized carbons (Fsp3) is 0.250. The molecule has 1 unspecified atom stereocenters. The van der Waals surface area contributed by atoms with Crippen LogP contribution in [0.5, 0.6) is 0 Å². The molecule has 0 bridgehead atoms. The molecule has 0 aliphatic carbocycles. The van der Waals surface area contributed by atoms with Crippen LogP contribution in [0.4, 0.5) is 5.69 Å². The van der Waals surface area contributed by atoms with Crippen LogP contribution in [-0.4, -0.2) is 29.0 Å². The zero-order chi connectivity index (χ0) is 22.4. The summed E-state index contributed by atoms with van der Waals surface area (Å²) in [7, 11) is 0. The van der Waals surface area contributed by atoms with Crippen molar-refractivity contribution >= 4 is 46.9 Å². The summed E-state index contributed by atoms with van der Waals surface area (Å²) in [5.74, 6) is -1.25. The largest absolute Gasteiger partial charge is 0.340 e. The van der Waals surface area contributed by atoms with Crippen LogP contribution < -0.4 is 10.7 Å². The third-order valence-corrected chi connectivity index (χ3v) is 4.97. The highest BCUT2D eigenvalue weighted by atomic mass is 35.5. The quantitative estimate of drug-likeness (QED) is 0.375. The normalized spacial score (nSPS) is 12.1. The molecule has 0 saturated heterocycles. The van der Waals surface area contributed by atoms with Gasteiger partial charge >= 0.3 is 0 Å². The third-order valence-electron chi connectivity index (χ3n) is 4.24. The number of halogens is 2. The van der Waals surface area contributed by atoms with E-state index in [0.29, 0.717) is 16.1 Å². The summed E-state index contributed by atoms with van der Waals surface area (Å²) in [4.78, 5) is 35.5. The van der Waals surface area contributed by atoms with Gasteiger partial charge < -0.3 is 5.32 Å². The van der Waals surface area contributed by atoms with Gasteiger partial charge in [0.15, 0.2) is 0 Å². The van der Waals surface area contributed by atoms with Crippen molar-refractivity contribution in [1.82, 2.24) is 10.7 Å². The maximum atomic E-state index is 12.5. The molecule has 158 valence electrons. The number of carbonyl (C=O) groups is 2. The molecule has 0 radical (unpaired) electrons. The highest BCUT2D eigenvalue weighted by Crippen LogP contribution is 2.22. The second-order valence-electron chi connectivity index (χ2n) is 6.86. The number of aryl methyl sites for hydroxylation is 1. The zero-order valence-corrected chi connectivity index (χ0v) is 18.0. The number of carbonyl (C=O) groups excluding carboxylic acids is 2. The van der Waals surface area contributed by atoms with Crippen molar-refractivity contribution in [2.24, 2.45) is 11.0 Å². The lowest BCUT2D eigenvalue weighted by Gasteiger charge is -2.20. The number of benzene rings is 2. The minimum atomic E-state index is -0.864. The summed E-state index contributed by atoms with van der Waals surface area (Å²) in [6, 6.07) is 8.14. The summed E-state index contributed by atoms with van der Waals surface area (Å²) < 4.78 is 0. The number of amides is 2. The number of nitro benzene ring substituents is 1. The number of hydrogen-bond acceptors (Lipinski definition) is 5. The fourth-order valence-electron chi connectivity index (χ4n) is 2.54. The van der Waals surface area contributed by atoms with Gasteiger partial charge in [-0.25, -0.2) is 5.43 Å². The maximum absolute atomic E-state index is 12.5. The van der Waals surface area contributed by atoms with Gasteiger partial charge in [0.1, 0.15) is 6.04 Å². The second-order valence-corrected chi connectivity index (χ2v) is 7.68. The van der Waals surface area contributed by atoms with Gasteiger partial charge in [-0.1, -0.05) is 49.2 Å². The molecule has 2 rings (SSSR count). The van der Waals surface area contributed by atoms with Gasteiger partial charge in [-0.2, -0.15) is 5.10 Å². The predicted molar refractivity (Wildman–Crippen MR) is 116 cm³/mol. The lowest BCUT2D eigenvalue weighted by Crippen LogP contribution is -2.48. The van der Waals surface area contributed by atoms with E-state index in [2.05, 4.69) is 15.8 Å². The highest BCUT2D eigenvalue weighted by molar-refractivity contribution is 6.42. The molecule has 8 nitrogen and oxygen atoms in total. The molecule has 2 amide bonds. The van der Waals surface area contributed by atoms with Crippen molar-refractivity contribution in [2.75, 3.05) is 0 Å². The topological polar surface area (TPSA) is 114 Å². The lowest BCUT2D eigenvalue weighted by atomic mass is 10.0. The van der Waals surface area contributed by atoms with Crippen LogP contribution >= 0.6 is 23.2 Å². The molecule has 1 atom stereocenters. The van der Waals surface area contributed by atoms with Crippen LogP contribution in [0.25, 0.3) is 0 Å². The molecule has 0 aliphatic heterocycles. The summed E-state index contributed by atoms with van der Waals surface area (Å²) in [6.45, 7) is 5.17. The number of nitrogens with one attached hydrogen (secondary N) is 2. The Labute approximate surface area is 183 Å². The Morgan fingerprint density at radius 1 is 1.13 bits per heavy atom. The van der Waals surface area contributed by atoms with E-state index in [0.717, 1.165) is 0 Å². The Hall–Kier alpha value is -2.97. The first-order valence-corrected chi connectivity index (χ1v) is 9.69. The fourth-order valence-corrected chi connectivity index (χ4v) is 2.84. The summed E-state index contributed by atoms with van der Waals surface area (Å²) >= 11 is 11.8. The molecule has 30 heavy (non-hydrogen) atoms. The van der Waals surface area contributed by atoms with E-state index in [1.165, 1.54) is 30.5 Å². The molecule has 0 spiro atoms. The van der Waals surface area contributed by atoms with E-state index in [9.17, 15) is 19.7 Å². The average molecular weight is 451 g/mol. The lowest BCUT2D eigenvalue weighted by molar-refractivity contribution is -0.385. The Kier molecular flexibility index (Phi) is 7.91. The Morgan fingerprint density at radius 3 is 2.43 bits per heavy atom. The molecule has 2 N–H and O–H groups in total. The number of nitro groups is 1. The number of hydrogen-bond donors (Lipinski definition) is 2. The van der Waals surface area contributed by atoms with Crippen molar-refractivity contribution in [3.05, 3.63) is 73.2 Å². The Balaban J connectivity index is 2.07. The van der Waals surface area contributed by atoms with Crippen LogP contribution in [0.15, 0.2) is 41.5 Å². The molecule has 0 aromatic heterocycles. The van der Waals surface area contributed by atoms with E-state index in [1.807, 2.05) is 0 Å². The Morgan fingerprint density at radius 2 is 1.83 bits per heavy atom. The predicted octanol–water partition coefficient (Wildman–Crippen LogP) is 4.11. The van der Waals surface area contributed by atoms with Gasteiger partial charge in [0.2, 0.25) is 0 Å². The summed E-state index contributed by atoms with van der Waals surface area (Å²) in [5, 5.41) is 18.0. The summed E-state index contributed by atoms with van der Waals surface area (Å²) in [6.07, 6.45) is 1.29. The standard InChI is InChI=1S/C20H20Cl2N4O4/c1-11(2)18(24-19(27)14-6-7-15(21)16(22)9-14)20(28)25-23-10-13-5-4-12(3)17(8-13)26(29)30/h4-11,18H,1-3H3,(H,24,27)(H,25,28). The molecule has 2 aromatic carbocycles. The second kappa shape index (κ2) is 10.2. The van der Waals surface area contributed by atoms with Gasteiger partial charge in [-0.3, -0.25) is 19.7 Å². The molecular weight excluding hydrogens is 431 g/mol. The van der Waals surface area contributed by atoms with Crippen molar-refractivity contribution in [1.29, 1.82) is 0 Å². The molecule has 0 fully saturated rings. The summed E-state index contributed by atoms with van der Waals surface area (Å²) in [5.41, 5.74) is 3.54. The first-order valence-electron chi connectivity index (χ1n) is 8.94. The number of nitrogens with zero attached hydrogens (tertiary/aromatic N) is 2. The van der Waals surface area contributed by atoms with E-state index in [1.54, 1.807) is 32.9 Å². The van der Waals surface area contributed by atoms with Gasteiger partial charge in [0, 0.05) is 22.8 Å². The monoisotopic (exact) mass is 450 g/mol. The van der Waals surface area contributed by atoms with Crippen LogP contribution in [0.1, 0.15) is 35.3 Å². The van der Waals surface area contributed by atoms with Crippen molar-refractivity contribution in [3.63, 3.8) is 0 Å². The minimum Gasteiger partial charge on any atom is -0.340 e. The van der Waals surface area contributed by atoms with Crippen molar-refractivity contribution < 1.29 is 14.5 Å². The smallest absolute Gasteiger partial charge is 0.272 e. The maximum Gasteiger partial charge on any atom is 0.272 e. The van der Waals surface area contributed by atoms with Gasteiger partial charge in [-0.15, -0.1) is 0 Å². The molecular formula is C20H20Cl2N4O4. The first kappa shape index (κ1) is 23.3. The van der Waals surface area contributed by atoms with Gasteiger partial charge in [0.05, 0.1) is 21.2 Å². The number of hydrazone groups is 1. The molecule has 0 heterocycles. The number of rotatable bonds is 7. The van der Waals surface area contributed by atoms with E-state index < -0.39 is 22.8 Å². The zero-order valence-electron chi connectivity index (χ0n) is 16.5. The van der Waals surface area contributed by atoms with E-state index >= 15 is 0 Å². The van der Waals surface area contributed by atoms with E-state index in [-0.39, 0.29) is 22.2 Å². The van der Waals surface area contributed by atoms with Crippen LogP contribution in [0.2, 0.25) is 10.0 Å². The van der Waals surface area contributed by atoms with Crippen molar-refractivity contribution in [3.8, 4) is 0 Å². The van der Waals surface area contributed by atoms with E-state index in [4.69, 9.17) is 23.2 Å². The van der Waals surface area contributed by atoms with Crippen LogP contribution in [-0.2, 0) is 4.79 Å². The molecule has 10 heteroatoms. The van der Waals surface area contributed by atoms with Crippen LogP contribution in [0.3, 0.4) is 0 Å². The SMILES string of the molecule is Cc1ccc(C=NNC(=O)C(NC(=O)c2ccc(Cl)c(Cl)c2)C(C)C)cc1[N+](=O)[O-]. The molecule has 0 saturated carbocycles. The molecule has 0 aliphatic rings. The van der Waals surface area contributed by atoms with Gasteiger partial charge in [0.25, 0.3) is 17.5 Å². The van der Waals surface area contributed by atoms with Gasteiger partial charge in [-0.05, 0) is 31.0 Å². The third kappa shape index (κ3) is 6.01. The Bertz CT molecular complexity index is 1010. The highest BCUT2D eigenvalue weighted by Gasteiger charge is 2.24. The van der Waals surface area contributed by atoms with Crippen LogP contribution in [0, 0.1) is 23.0 Å². The van der Waals surface area contributed by atoms with Crippen molar-refractivity contribution in [2.45, 2.75) is 26.8 Å². The minimum absolute atomic E-state index is 0.0424. The average Bonchev–Trinajstić information content (AvgIpc) is 2.68. The first-order chi connectivity index (χ1) is 14.1. The molecule has 2 aromatic rings.